The second-order valence-corrected chi connectivity index (χ2v) is 7.05. The van der Waals surface area contributed by atoms with Gasteiger partial charge in [-0.3, -0.25) is 9.69 Å². The highest BCUT2D eigenvalue weighted by Crippen LogP contribution is 2.34. The minimum Gasteiger partial charge on any atom is -0.287 e. The molecule has 0 spiro atoms. The number of aromatic nitrogens is 1. The number of anilines is 1. The van der Waals surface area contributed by atoms with Gasteiger partial charge < -0.3 is 0 Å². The first kappa shape index (κ1) is 12.8. The molecule has 2 aromatic rings. The fraction of sp³-hybridized carbons (Fsp3) is 0.286. The summed E-state index contributed by atoms with van der Waals surface area (Å²) in [5.74, 6) is 0.148. The molecule has 1 aromatic carbocycles. The van der Waals surface area contributed by atoms with E-state index in [-0.39, 0.29) is 10.7 Å². The van der Waals surface area contributed by atoms with Crippen molar-refractivity contribution in [3.8, 4) is 11.3 Å². The minimum atomic E-state index is 0.148. The zero-order chi connectivity index (χ0) is 13.4. The Morgan fingerprint density at radius 2 is 2.11 bits per heavy atom. The van der Waals surface area contributed by atoms with Crippen LogP contribution in [0.3, 0.4) is 0 Å². The van der Waals surface area contributed by atoms with Gasteiger partial charge in [-0.2, -0.15) is 0 Å². The van der Waals surface area contributed by atoms with E-state index in [1.165, 1.54) is 0 Å². The number of carbonyl (C=O) groups excluding carboxylic acids is 1. The van der Waals surface area contributed by atoms with Crippen LogP contribution in [0.15, 0.2) is 30.3 Å². The van der Waals surface area contributed by atoms with Crippen molar-refractivity contribution in [1.29, 1.82) is 0 Å². The monoisotopic (exact) mass is 336 g/mol. The van der Waals surface area contributed by atoms with Gasteiger partial charge in [-0.15, -0.1) is 11.3 Å². The number of thiazole rings is 1. The number of alkyl halides is 1. The highest BCUT2D eigenvalue weighted by molar-refractivity contribution is 9.09. The number of benzene rings is 1. The molecular formula is C14H13BrN2OS. The van der Waals surface area contributed by atoms with Crippen LogP contribution < -0.4 is 4.90 Å². The van der Waals surface area contributed by atoms with Crippen molar-refractivity contribution in [1.82, 2.24) is 4.98 Å². The second kappa shape index (κ2) is 5.06. The summed E-state index contributed by atoms with van der Waals surface area (Å²) in [6, 6.07) is 10.1. The normalized spacial score (nSPS) is 19.2. The van der Waals surface area contributed by atoms with E-state index in [4.69, 9.17) is 0 Å². The largest absolute Gasteiger partial charge is 0.287 e. The summed E-state index contributed by atoms with van der Waals surface area (Å²) in [4.78, 5) is 19.7. The number of hydrogen-bond donors (Lipinski definition) is 0. The first-order valence-corrected chi connectivity index (χ1v) is 7.85. The van der Waals surface area contributed by atoms with Crippen molar-refractivity contribution in [2.45, 2.75) is 18.2 Å². The topological polar surface area (TPSA) is 33.2 Å². The van der Waals surface area contributed by atoms with E-state index >= 15 is 0 Å². The van der Waals surface area contributed by atoms with E-state index in [0.717, 1.165) is 21.3 Å². The van der Waals surface area contributed by atoms with E-state index in [1.54, 1.807) is 16.2 Å². The fourth-order valence-corrected chi connectivity index (χ4v) is 3.73. The number of hydrogen-bond acceptors (Lipinski definition) is 3. The van der Waals surface area contributed by atoms with Crippen LogP contribution in [0.25, 0.3) is 11.3 Å². The number of halogens is 1. The van der Waals surface area contributed by atoms with Gasteiger partial charge in [0, 0.05) is 28.2 Å². The predicted molar refractivity (Wildman–Crippen MR) is 82.0 cm³/mol. The number of aryl methyl sites for hydroxylation is 1. The van der Waals surface area contributed by atoms with Gasteiger partial charge in [0.2, 0.25) is 5.91 Å². The van der Waals surface area contributed by atoms with Crippen LogP contribution in [-0.4, -0.2) is 22.3 Å². The summed E-state index contributed by atoms with van der Waals surface area (Å²) in [5, 5.41) is 0.809. The Morgan fingerprint density at radius 1 is 1.37 bits per heavy atom. The Labute approximate surface area is 124 Å². The molecule has 5 heteroatoms. The van der Waals surface area contributed by atoms with Crippen molar-refractivity contribution in [2.24, 2.45) is 0 Å². The average molecular weight is 337 g/mol. The van der Waals surface area contributed by atoms with Crippen LogP contribution in [-0.2, 0) is 4.79 Å². The molecule has 2 heterocycles. The van der Waals surface area contributed by atoms with Gasteiger partial charge in [0.1, 0.15) is 0 Å². The molecule has 0 aliphatic carbocycles. The lowest BCUT2D eigenvalue weighted by Gasteiger charge is -2.10. The molecule has 0 saturated carbocycles. The molecule has 1 unspecified atom stereocenters. The maximum absolute atomic E-state index is 11.9. The number of amides is 1. The third-order valence-corrected chi connectivity index (χ3v) is 4.75. The molecule has 1 fully saturated rings. The van der Waals surface area contributed by atoms with Gasteiger partial charge in [0.15, 0.2) is 5.13 Å². The predicted octanol–water partition coefficient (Wildman–Crippen LogP) is 3.62. The van der Waals surface area contributed by atoms with Crippen LogP contribution in [0.5, 0.6) is 0 Å². The van der Waals surface area contributed by atoms with Crippen molar-refractivity contribution in [3.63, 3.8) is 0 Å². The maximum atomic E-state index is 11.9. The van der Waals surface area contributed by atoms with Gasteiger partial charge in [-0.1, -0.05) is 46.3 Å². The zero-order valence-corrected chi connectivity index (χ0v) is 12.9. The standard InChI is InChI=1S/C14H13BrN2OS/c1-9-13(10-5-3-2-4-6-10)16-14(19-9)17-8-11(15)7-12(17)18/h2-6,11H,7-8H2,1H3. The smallest absolute Gasteiger partial charge is 0.230 e. The summed E-state index contributed by atoms with van der Waals surface area (Å²) in [5.41, 5.74) is 2.08. The third-order valence-electron chi connectivity index (χ3n) is 3.14. The first-order chi connectivity index (χ1) is 9.15. The summed E-state index contributed by atoms with van der Waals surface area (Å²) in [6.07, 6.45) is 0.555. The number of nitrogens with zero attached hydrogens (tertiary/aromatic N) is 2. The van der Waals surface area contributed by atoms with E-state index < -0.39 is 0 Å². The SMILES string of the molecule is Cc1sc(N2CC(Br)CC2=O)nc1-c1ccccc1. The molecule has 98 valence electrons. The van der Waals surface area contributed by atoms with Crippen LogP contribution in [0, 0.1) is 6.92 Å². The molecule has 0 N–H and O–H groups in total. The lowest BCUT2D eigenvalue weighted by atomic mass is 10.1. The minimum absolute atomic E-state index is 0.148. The molecule has 1 saturated heterocycles. The molecule has 19 heavy (non-hydrogen) atoms. The van der Waals surface area contributed by atoms with E-state index in [1.807, 2.05) is 30.3 Å². The van der Waals surface area contributed by atoms with Gasteiger partial charge in [-0.25, -0.2) is 4.98 Å². The highest BCUT2D eigenvalue weighted by atomic mass is 79.9. The summed E-state index contributed by atoms with van der Waals surface area (Å²) >= 11 is 5.09. The van der Waals surface area contributed by atoms with Gasteiger partial charge >= 0.3 is 0 Å². The van der Waals surface area contributed by atoms with Gasteiger partial charge in [0.05, 0.1) is 5.69 Å². The van der Waals surface area contributed by atoms with E-state index in [0.29, 0.717) is 13.0 Å². The highest BCUT2D eigenvalue weighted by Gasteiger charge is 2.31. The number of rotatable bonds is 2. The molecule has 3 nitrogen and oxygen atoms in total. The molecule has 0 bridgehead atoms. The number of carbonyl (C=O) groups is 1. The Bertz CT molecular complexity index is 611. The van der Waals surface area contributed by atoms with Crippen molar-refractivity contribution in [2.75, 3.05) is 11.4 Å². The van der Waals surface area contributed by atoms with Crippen molar-refractivity contribution < 1.29 is 4.79 Å². The Morgan fingerprint density at radius 3 is 2.74 bits per heavy atom. The van der Waals surface area contributed by atoms with Crippen LogP contribution >= 0.6 is 27.3 Å². The van der Waals surface area contributed by atoms with Crippen LogP contribution in [0.1, 0.15) is 11.3 Å². The second-order valence-electron chi connectivity index (χ2n) is 4.57. The summed E-state index contributed by atoms with van der Waals surface area (Å²) in [7, 11) is 0. The molecule has 1 atom stereocenters. The van der Waals surface area contributed by atoms with Crippen molar-refractivity contribution in [3.05, 3.63) is 35.2 Å². The average Bonchev–Trinajstić information content (AvgIpc) is 2.93. The quantitative estimate of drug-likeness (QED) is 0.784. The molecule has 1 aliphatic heterocycles. The Kier molecular flexibility index (Phi) is 3.41. The van der Waals surface area contributed by atoms with Crippen LogP contribution in [0.4, 0.5) is 5.13 Å². The molecule has 1 aromatic heterocycles. The Hall–Kier alpha value is -1.20. The van der Waals surface area contributed by atoms with E-state index in [2.05, 4.69) is 27.8 Å². The molecule has 1 aliphatic rings. The fourth-order valence-electron chi connectivity index (χ4n) is 2.21. The lowest BCUT2D eigenvalue weighted by molar-refractivity contribution is -0.117. The third kappa shape index (κ3) is 2.44. The summed E-state index contributed by atoms with van der Waals surface area (Å²) in [6.45, 7) is 2.76. The Balaban J connectivity index is 1.96. The van der Waals surface area contributed by atoms with Crippen LogP contribution in [0.2, 0.25) is 0 Å². The van der Waals surface area contributed by atoms with E-state index in [9.17, 15) is 4.79 Å². The lowest BCUT2D eigenvalue weighted by Crippen LogP contribution is -2.24. The molecule has 3 rings (SSSR count). The molecular weight excluding hydrogens is 324 g/mol. The van der Waals surface area contributed by atoms with Gasteiger partial charge in [-0.05, 0) is 6.92 Å². The first-order valence-electron chi connectivity index (χ1n) is 6.12. The summed E-state index contributed by atoms with van der Waals surface area (Å²) < 4.78 is 0. The van der Waals surface area contributed by atoms with Gasteiger partial charge in [0.25, 0.3) is 0 Å². The molecule has 0 radical (unpaired) electrons. The van der Waals surface area contributed by atoms with Crippen molar-refractivity contribution >= 4 is 38.3 Å². The molecule has 1 amide bonds. The zero-order valence-electron chi connectivity index (χ0n) is 10.5. The maximum Gasteiger partial charge on any atom is 0.230 e.